The molecule has 0 saturated heterocycles. The lowest BCUT2D eigenvalue weighted by Gasteiger charge is -2.18. The molecule has 0 spiro atoms. The van der Waals surface area contributed by atoms with Crippen molar-refractivity contribution in [2.75, 3.05) is 6.61 Å². The minimum atomic E-state index is -0.383. The van der Waals surface area contributed by atoms with Crippen LogP contribution >= 0.6 is 11.8 Å². The van der Waals surface area contributed by atoms with Gasteiger partial charge in [-0.25, -0.2) is 9.97 Å². The third kappa shape index (κ3) is 3.10. The van der Waals surface area contributed by atoms with Crippen LogP contribution < -0.4 is 5.56 Å². The van der Waals surface area contributed by atoms with Crippen LogP contribution in [0.25, 0.3) is 11.0 Å². The van der Waals surface area contributed by atoms with Gasteiger partial charge in [0.1, 0.15) is 22.1 Å². The Hall–Kier alpha value is -1.83. The van der Waals surface area contributed by atoms with Gasteiger partial charge in [-0.05, 0) is 12.8 Å². The number of aromatic nitrogens is 4. The highest BCUT2D eigenvalue weighted by Gasteiger charge is 2.27. The first-order chi connectivity index (χ1) is 9.95. The zero-order valence-electron chi connectivity index (χ0n) is 12.4. The largest absolute Gasteiger partial charge is 0.465 e. The highest BCUT2D eigenvalue weighted by Crippen LogP contribution is 2.30. The van der Waals surface area contributed by atoms with Crippen molar-refractivity contribution >= 4 is 28.8 Å². The third-order valence-corrected chi connectivity index (χ3v) is 4.49. The molecule has 0 aliphatic carbocycles. The molecule has 1 unspecified atom stereocenters. The standard InChI is InChI=1S/C13H18N4O3S/c1-5-20-13(19)10(7(2)3)21-11-8-9(14-6-15-11)12(18)17(4)16-8/h6-7,10,16H,5H2,1-4H3. The minimum Gasteiger partial charge on any atom is -0.465 e. The first-order valence-electron chi connectivity index (χ1n) is 6.68. The molecule has 2 aromatic heterocycles. The summed E-state index contributed by atoms with van der Waals surface area (Å²) < 4.78 is 6.44. The van der Waals surface area contributed by atoms with Gasteiger partial charge in [-0.15, -0.1) is 0 Å². The average Bonchev–Trinajstić information content (AvgIpc) is 2.72. The van der Waals surface area contributed by atoms with Crippen LogP contribution in [0.1, 0.15) is 20.8 Å². The van der Waals surface area contributed by atoms with E-state index in [-0.39, 0.29) is 22.7 Å². The van der Waals surface area contributed by atoms with Crippen molar-refractivity contribution in [1.82, 2.24) is 19.7 Å². The van der Waals surface area contributed by atoms with Gasteiger partial charge in [0.2, 0.25) is 0 Å². The number of carbonyl (C=O) groups excluding carboxylic acids is 1. The van der Waals surface area contributed by atoms with Crippen LogP contribution in [0, 0.1) is 5.92 Å². The van der Waals surface area contributed by atoms with Gasteiger partial charge >= 0.3 is 5.97 Å². The Bertz CT molecular complexity index is 707. The highest BCUT2D eigenvalue weighted by atomic mass is 32.2. The maximum absolute atomic E-state index is 12.0. The van der Waals surface area contributed by atoms with Crippen LogP contribution in [-0.2, 0) is 16.6 Å². The number of rotatable bonds is 5. The zero-order chi connectivity index (χ0) is 15.6. The summed E-state index contributed by atoms with van der Waals surface area (Å²) in [4.78, 5) is 32.1. The Morgan fingerprint density at radius 3 is 2.81 bits per heavy atom. The van der Waals surface area contributed by atoms with Crippen LogP contribution in [0.3, 0.4) is 0 Å². The van der Waals surface area contributed by atoms with Crippen molar-refractivity contribution in [2.24, 2.45) is 13.0 Å². The summed E-state index contributed by atoms with van der Waals surface area (Å²) in [5.41, 5.74) is 0.651. The van der Waals surface area contributed by atoms with E-state index >= 15 is 0 Å². The first-order valence-corrected chi connectivity index (χ1v) is 7.56. The van der Waals surface area contributed by atoms with E-state index in [0.29, 0.717) is 22.7 Å². The van der Waals surface area contributed by atoms with Crippen molar-refractivity contribution < 1.29 is 9.53 Å². The predicted octanol–water partition coefficient (Wildman–Crippen LogP) is 1.34. The number of nitrogens with zero attached hydrogens (tertiary/aromatic N) is 3. The number of nitrogens with one attached hydrogen (secondary N) is 1. The molecule has 1 N–H and O–H groups in total. The summed E-state index contributed by atoms with van der Waals surface area (Å²) in [7, 11) is 1.61. The molecule has 0 saturated carbocycles. The lowest BCUT2D eigenvalue weighted by Crippen LogP contribution is -2.25. The lowest BCUT2D eigenvalue weighted by atomic mass is 10.1. The number of thioether (sulfide) groups is 1. The fraction of sp³-hybridized carbons (Fsp3) is 0.538. The maximum Gasteiger partial charge on any atom is 0.319 e. The van der Waals surface area contributed by atoms with Crippen LogP contribution in [0.15, 0.2) is 16.1 Å². The smallest absolute Gasteiger partial charge is 0.319 e. The van der Waals surface area contributed by atoms with Gasteiger partial charge in [0.15, 0.2) is 5.52 Å². The molecular weight excluding hydrogens is 292 g/mol. The molecule has 2 rings (SSSR count). The lowest BCUT2D eigenvalue weighted by molar-refractivity contribution is -0.143. The number of hydrogen-bond donors (Lipinski definition) is 1. The molecule has 21 heavy (non-hydrogen) atoms. The van der Waals surface area contributed by atoms with Gasteiger partial charge in [0.05, 0.1) is 6.61 Å². The Balaban J connectivity index is 2.39. The van der Waals surface area contributed by atoms with Crippen molar-refractivity contribution in [3.05, 3.63) is 16.7 Å². The number of aromatic amines is 1. The van der Waals surface area contributed by atoms with E-state index in [9.17, 15) is 9.59 Å². The molecule has 0 bridgehead atoms. The van der Waals surface area contributed by atoms with Gasteiger partial charge in [0, 0.05) is 7.05 Å². The number of ether oxygens (including phenoxy) is 1. The molecule has 0 radical (unpaired) electrons. The molecule has 0 aliphatic heterocycles. The quantitative estimate of drug-likeness (QED) is 0.509. The number of esters is 1. The van der Waals surface area contributed by atoms with Gasteiger partial charge in [-0.1, -0.05) is 25.6 Å². The highest BCUT2D eigenvalue weighted by molar-refractivity contribution is 8.00. The average molecular weight is 310 g/mol. The van der Waals surface area contributed by atoms with E-state index in [1.807, 2.05) is 13.8 Å². The summed E-state index contributed by atoms with van der Waals surface area (Å²) in [5, 5.41) is 3.11. The summed E-state index contributed by atoms with van der Waals surface area (Å²) in [6, 6.07) is 0. The molecular formula is C13H18N4O3S. The number of aryl methyl sites for hydroxylation is 1. The van der Waals surface area contributed by atoms with Gasteiger partial charge in [0.25, 0.3) is 5.56 Å². The van der Waals surface area contributed by atoms with Crippen molar-refractivity contribution in [3.63, 3.8) is 0 Å². The SMILES string of the molecule is CCOC(=O)C(Sc1ncnc2c(=O)n(C)[nH]c12)C(C)C. The van der Waals surface area contributed by atoms with Crippen molar-refractivity contribution in [1.29, 1.82) is 0 Å². The van der Waals surface area contributed by atoms with Crippen molar-refractivity contribution in [3.8, 4) is 0 Å². The molecule has 7 nitrogen and oxygen atoms in total. The number of hydrogen-bond acceptors (Lipinski definition) is 6. The summed E-state index contributed by atoms with van der Waals surface area (Å²) >= 11 is 1.29. The number of H-pyrrole nitrogens is 1. The van der Waals surface area contributed by atoms with Crippen LogP contribution in [0.2, 0.25) is 0 Å². The fourth-order valence-corrected chi connectivity index (χ4v) is 2.95. The Morgan fingerprint density at radius 2 is 2.19 bits per heavy atom. The molecule has 2 aromatic rings. The first kappa shape index (κ1) is 15.6. The Morgan fingerprint density at radius 1 is 1.48 bits per heavy atom. The molecule has 2 heterocycles. The molecule has 1 atom stereocenters. The summed E-state index contributed by atoms with van der Waals surface area (Å²) in [5.74, 6) is -0.197. The van der Waals surface area contributed by atoms with E-state index < -0.39 is 0 Å². The molecule has 0 aromatic carbocycles. The van der Waals surface area contributed by atoms with Crippen LogP contribution in [-0.4, -0.2) is 37.6 Å². The minimum absolute atomic E-state index is 0.0782. The predicted molar refractivity (Wildman–Crippen MR) is 80.2 cm³/mol. The van der Waals surface area contributed by atoms with E-state index in [1.165, 1.54) is 22.8 Å². The molecule has 114 valence electrons. The van der Waals surface area contributed by atoms with Gasteiger partial charge in [-0.2, -0.15) is 0 Å². The molecule has 0 aliphatic rings. The fourth-order valence-electron chi connectivity index (χ4n) is 1.90. The van der Waals surface area contributed by atoms with E-state index in [0.717, 1.165) is 0 Å². The summed E-state index contributed by atoms with van der Waals surface area (Å²) in [6.45, 7) is 6.00. The second-order valence-electron chi connectivity index (χ2n) is 4.91. The van der Waals surface area contributed by atoms with Crippen LogP contribution in [0.5, 0.6) is 0 Å². The van der Waals surface area contributed by atoms with Gasteiger partial charge < -0.3 is 4.74 Å². The van der Waals surface area contributed by atoms with Crippen molar-refractivity contribution in [2.45, 2.75) is 31.0 Å². The zero-order valence-corrected chi connectivity index (χ0v) is 13.2. The molecule has 0 fully saturated rings. The second-order valence-corrected chi connectivity index (χ2v) is 6.04. The number of carbonyl (C=O) groups is 1. The van der Waals surface area contributed by atoms with Gasteiger partial charge in [-0.3, -0.25) is 19.4 Å². The van der Waals surface area contributed by atoms with E-state index in [2.05, 4.69) is 15.1 Å². The second kappa shape index (κ2) is 6.30. The number of fused-ring (bicyclic) bond motifs is 1. The summed E-state index contributed by atoms with van der Waals surface area (Å²) in [6.07, 6.45) is 1.34. The topological polar surface area (TPSA) is 89.9 Å². The van der Waals surface area contributed by atoms with E-state index in [4.69, 9.17) is 4.74 Å². The Kier molecular flexibility index (Phi) is 4.66. The maximum atomic E-state index is 12.0. The molecule has 0 amide bonds. The third-order valence-electron chi connectivity index (χ3n) is 2.96. The Labute approximate surface area is 126 Å². The normalized spacial score (nSPS) is 12.8. The van der Waals surface area contributed by atoms with E-state index in [1.54, 1.807) is 14.0 Å². The molecule has 8 heteroatoms. The van der Waals surface area contributed by atoms with Crippen LogP contribution in [0.4, 0.5) is 0 Å². The monoisotopic (exact) mass is 310 g/mol.